The number of nitrogens with zero attached hydrogens (tertiary/aromatic N) is 6. The first-order valence-electron chi connectivity index (χ1n) is 9.32. The Bertz CT molecular complexity index is 1140. The molecule has 1 aromatic carbocycles. The molecule has 142 valence electrons. The van der Waals surface area contributed by atoms with E-state index >= 15 is 0 Å². The molecule has 0 aliphatic heterocycles. The van der Waals surface area contributed by atoms with Gasteiger partial charge in [0, 0.05) is 24.0 Å². The third-order valence-corrected chi connectivity index (χ3v) is 6.25. The molecule has 5 rings (SSSR count). The van der Waals surface area contributed by atoms with Crippen LogP contribution < -0.4 is 0 Å². The highest BCUT2D eigenvalue weighted by Crippen LogP contribution is 2.38. The van der Waals surface area contributed by atoms with Crippen LogP contribution in [0.4, 0.5) is 0 Å². The summed E-state index contributed by atoms with van der Waals surface area (Å²) in [5.74, 6) is 0.911. The number of hydrogen-bond acceptors (Lipinski definition) is 6. The minimum absolute atomic E-state index is 0.464. The van der Waals surface area contributed by atoms with Gasteiger partial charge in [-0.05, 0) is 56.4 Å². The normalized spacial score (nSPS) is 14.2. The molecule has 28 heavy (non-hydrogen) atoms. The number of hydrogen-bond donors (Lipinski definition) is 0. The predicted molar refractivity (Wildman–Crippen MR) is 114 cm³/mol. The van der Waals surface area contributed by atoms with E-state index in [2.05, 4.69) is 39.7 Å². The first-order valence-corrected chi connectivity index (χ1v) is 10.5. The molecular formula is C20H20N6S2. The van der Waals surface area contributed by atoms with Crippen molar-refractivity contribution in [3.05, 3.63) is 58.6 Å². The molecule has 1 saturated carbocycles. The van der Waals surface area contributed by atoms with E-state index in [4.69, 9.17) is 22.3 Å². The topological polar surface area (TPSA) is 51.8 Å². The summed E-state index contributed by atoms with van der Waals surface area (Å²) >= 11 is 7.51. The number of fused-ring (bicyclic) bond motifs is 1. The predicted octanol–water partition coefficient (Wildman–Crippen LogP) is 4.51. The fourth-order valence-corrected chi connectivity index (χ4v) is 4.74. The van der Waals surface area contributed by atoms with Crippen molar-refractivity contribution < 1.29 is 0 Å². The van der Waals surface area contributed by atoms with Crippen LogP contribution in [0.2, 0.25) is 0 Å². The van der Waals surface area contributed by atoms with Crippen LogP contribution in [0, 0.1) is 4.77 Å². The first kappa shape index (κ1) is 17.7. The number of pyridine rings is 1. The summed E-state index contributed by atoms with van der Waals surface area (Å²) in [7, 11) is 2.08. The van der Waals surface area contributed by atoms with Gasteiger partial charge in [0.25, 0.3) is 0 Å². The molecule has 0 N–H and O–H groups in total. The van der Waals surface area contributed by atoms with Gasteiger partial charge in [-0.2, -0.15) is 5.10 Å². The Kier molecular flexibility index (Phi) is 4.54. The molecule has 0 bridgehead atoms. The smallest absolute Gasteiger partial charge is 0.199 e. The third kappa shape index (κ3) is 3.39. The summed E-state index contributed by atoms with van der Waals surface area (Å²) in [5.41, 5.74) is 2.07. The maximum Gasteiger partial charge on any atom is 0.199 e. The molecule has 6 nitrogen and oxygen atoms in total. The zero-order valence-corrected chi connectivity index (χ0v) is 17.2. The van der Waals surface area contributed by atoms with Crippen molar-refractivity contribution in [2.45, 2.75) is 32.1 Å². The summed E-state index contributed by atoms with van der Waals surface area (Å²) in [4.78, 5) is 11.2. The van der Waals surface area contributed by atoms with Gasteiger partial charge in [-0.25, -0.2) is 9.67 Å². The second-order valence-corrected chi connectivity index (χ2v) is 8.66. The van der Waals surface area contributed by atoms with Crippen LogP contribution in [-0.2, 0) is 13.2 Å². The van der Waals surface area contributed by atoms with Crippen molar-refractivity contribution in [2.24, 2.45) is 0 Å². The lowest BCUT2D eigenvalue weighted by molar-refractivity contribution is 0.243. The Hall–Kier alpha value is -2.42. The Balaban J connectivity index is 1.41. The zero-order valence-electron chi connectivity index (χ0n) is 15.5. The summed E-state index contributed by atoms with van der Waals surface area (Å²) in [6.07, 6.45) is 5.96. The zero-order chi connectivity index (χ0) is 19.1. The van der Waals surface area contributed by atoms with Gasteiger partial charge >= 0.3 is 0 Å². The van der Waals surface area contributed by atoms with E-state index in [0.29, 0.717) is 12.7 Å². The SMILES string of the molecule is CN(Cc1nc2ccccc2s1)Cn1nc(-c2cccnc2)n(C2CC2)c1=S. The number of thiazole rings is 1. The molecule has 0 saturated heterocycles. The second kappa shape index (κ2) is 7.20. The minimum Gasteiger partial charge on any atom is -0.297 e. The van der Waals surface area contributed by atoms with Gasteiger partial charge in [-0.15, -0.1) is 11.3 Å². The molecule has 1 fully saturated rings. The van der Waals surface area contributed by atoms with Crippen molar-refractivity contribution in [2.75, 3.05) is 7.05 Å². The van der Waals surface area contributed by atoms with Crippen LogP contribution in [0.25, 0.3) is 21.6 Å². The molecule has 0 unspecified atom stereocenters. The number of aromatic nitrogens is 5. The average molecular weight is 409 g/mol. The molecule has 0 atom stereocenters. The Morgan fingerprint density at radius 1 is 1.21 bits per heavy atom. The fourth-order valence-electron chi connectivity index (χ4n) is 3.36. The standard InChI is InChI=1S/C20H20N6S2/c1-24(12-18-22-16-6-2-3-7-17(16)28-18)13-25-20(27)26(15-8-9-15)19(23-25)14-5-4-10-21-11-14/h2-7,10-11,15H,8-9,12-13H2,1H3. The van der Waals surface area contributed by atoms with Gasteiger partial charge < -0.3 is 0 Å². The van der Waals surface area contributed by atoms with E-state index < -0.39 is 0 Å². The number of benzene rings is 1. The Morgan fingerprint density at radius 3 is 2.82 bits per heavy atom. The van der Waals surface area contributed by atoms with E-state index in [1.807, 2.05) is 29.1 Å². The van der Waals surface area contributed by atoms with Crippen LogP contribution in [0.1, 0.15) is 23.9 Å². The van der Waals surface area contributed by atoms with Crippen LogP contribution in [-0.4, -0.2) is 36.3 Å². The van der Waals surface area contributed by atoms with Crippen LogP contribution in [0.5, 0.6) is 0 Å². The van der Waals surface area contributed by atoms with Crippen molar-refractivity contribution in [1.82, 2.24) is 29.2 Å². The summed E-state index contributed by atoms with van der Waals surface area (Å²) in [6.45, 7) is 1.39. The molecule has 8 heteroatoms. The molecule has 0 amide bonds. The summed E-state index contributed by atoms with van der Waals surface area (Å²) < 4.78 is 6.11. The number of rotatable bonds is 6. The average Bonchev–Trinajstić information content (AvgIpc) is 3.37. The van der Waals surface area contributed by atoms with Gasteiger partial charge in [0.15, 0.2) is 10.6 Å². The molecule has 1 aliphatic rings. The van der Waals surface area contributed by atoms with Crippen LogP contribution in [0.15, 0.2) is 48.8 Å². The lowest BCUT2D eigenvalue weighted by Gasteiger charge is -2.14. The maximum absolute atomic E-state index is 5.77. The van der Waals surface area contributed by atoms with Crippen LogP contribution in [0.3, 0.4) is 0 Å². The van der Waals surface area contributed by atoms with Gasteiger partial charge in [0.1, 0.15) is 5.01 Å². The van der Waals surface area contributed by atoms with Crippen molar-refractivity contribution >= 4 is 33.8 Å². The maximum atomic E-state index is 5.77. The molecule has 3 aromatic heterocycles. The lowest BCUT2D eigenvalue weighted by atomic mass is 10.3. The summed E-state index contributed by atoms with van der Waals surface area (Å²) in [6, 6.07) is 12.7. The molecule has 0 spiro atoms. The second-order valence-electron chi connectivity index (χ2n) is 7.18. The van der Waals surface area contributed by atoms with Gasteiger partial charge in [-0.3, -0.25) is 14.5 Å². The first-order chi connectivity index (χ1) is 13.7. The number of para-hydroxylation sites is 1. The van der Waals surface area contributed by atoms with Gasteiger partial charge in [0.2, 0.25) is 0 Å². The van der Waals surface area contributed by atoms with E-state index in [1.54, 1.807) is 17.5 Å². The molecular weight excluding hydrogens is 388 g/mol. The van der Waals surface area contributed by atoms with E-state index in [0.717, 1.165) is 46.1 Å². The molecule has 0 radical (unpaired) electrons. The highest BCUT2D eigenvalue weighted by molar-refractivity contribution is 7.71. The highest BCUT2D eigenvalue weighted by atomic mass is 32.1. The summed E-state index contributed by atoms with van der Waals surface area (Å²) in [5, 5.41) is 5.94. The van der Waals surface area contributed by atoms with E-state index in [9.17, 15) is 0 Å². The van der Waals surface area contributed by atoms with Crippen molar-refractivity contribution in [1.29, 1.82) is 0 Å². The van der Waals surface area contributed by atoms with Crippen molar-refractivity contribution in [3.63, 3.8) is 0 Å². The van der Waals surface area contributed by atoms with E-state index in [1.165, 1.54) is 4.70 Å². The highest BCUT2D eigenvalue weighted by Gasteiger charge is 2.29. The Morgan fingerprint density at radius 2 is 2.07 bits per heavy atom. The van der Waals surface area contributed by atoms with Crippen LogP contribution >= 0.6 is 23.6 Å². The molecule has 1 aliphatic carbocycles. The van der Waals surface area contributed by atoms with Gasteiger partial charge in [0.05, 0.1) is 23.4 Å². The molecule has 3 heterocycles. The van der Waals surface area contributed by atoms with E-state index in [-0.39, 0.29) is 0 Å². The monoisotopic (exact) mass is 408 g/mol. The molecule has 4 aromatic rings. The quantitative estimate of drug-likeness (QED) is 0.439. The minimum atomic E-state index is 0.464. The third-order valence-electron chi connectivity index (χ3n) is 4.82. The lowest BCUT2D eigenvalue weighted by Crippen LogP contribution is -2.22. The van der Waals surface area contributed by atoms with Crippen molar-refractivity contribution in [3.8, 4) is 11.4 Å². The fraction of sp³-hybridized carbons (Fsp3) is 0.300. The van der Waals surface area contributed by atoms with Gasteiger partial charge in [-0.1, -0.05) is 12.1 Å². The largest absolute Gasteiger partial charge is 0.297 e. The Labute approximate surface area is 172 Å².